The van der Waals surface area contributed by atoms with Crippen LogP contribution in [0.2, 0.25) is 0 Å². The van der Waals surface area contributed by atoms with E-state index in [-0.39, 0.29) is 11.4 Å². The van der Waals surface area contributed by atoms with Gasteiger partial charge < -0.3 is 9.64 Å². The Labute approximate surface area is 181 Å². The summed E-state index contributed by atoms with van der Waals surface area (Å²) in [5, 5.41) is 0. The van der Waals surface area contributed by atoms with Gasteiger partial charge in [-0.15, -0.1) is 0 Å². The highest BCUT2D eigenvalue weighted by Gasteiger charge is 2.54. The van der Waals surface area contributed by atoms with Crippen LogP contribution in [0.5, 0.6) is 5.75 Å². The van der Waals surface area contributed by atoms with Gasteiger partial charge in [0, 0.05) is 21.1 Å². The van der Waals surface area contributed by atoms with Gasteiger partial charge >= 0.3 is 0 Å². The van der Waals surface area contributed by atoms with E-state index >= 15 is 0 Å². The fraction of sp³-hybridized carbons (Fsp3) is 0.480. The van der Waals surface area contributed by atoms with Gasteiger partial charge in [0.1, 0.15) is 5.75 Å². The summed E-state index contributed by atoms with van der Waals surface area (Å²) in [6.07, 6.45) is 7.59. The molecule has 0 radical (unpaired) electrons. The summed E-state index contributed by atoms with van der Waals surface area (Å²) < 4.78 is 6.67. The molecule has 1 amide bonds. The highest BCUT2D eigenvalue weighted by atomic mass is 79.9. The summed E-state index contributed by atoms with van der Waals surface area (Å²) >= 11 is 3.60. The predicted octanol–water partition coefficient (Wildman–Crippen LogP) is 6.07. The van der Waals surface area contributed by atoms with Gasteiger partial charge in [-0.25, -0.2) is 0 Å². The zero-order chi connectivity index (χ0) is 20.0. The average molecular weight is 454 g/mol. The van der Waals surface area contributed by atoms with Crippen LogP contribution >= 0.6 is 15.9 Å². The van der Waals surface area contributed by atoms with Gasteiger partial charge in [0.25, 0.3) is 5.91 Å². The fourth-order valence-electron chi connectivity index (χ4n) is 6.63. The molecule has 0 N–H and O–H groups in total. The molecular weight excluding hydrogens is 426 g/mol. The number of nitrogens with zero attached hydrogens (tertiary/aromatic N) is 1. The molecule has 0 saturated heterocycles. The third-order valence-corrected chi connectivity index (χ3v) is 7.91. The highest BCUT2D eigenvalue weighted by Crippen LogP contribution is 2.58. The van der Waals surface area contributed by atoms with Crippen LogP contribution < -0.4 is 4.74 Å². The quantitative estimate of drug-likeness (QED) is 0.549. The number of carbonyl (C=O) groups excluding carboxylic acids is 1. The maximum atomic E-state index is 13.8. The van der Waals surface area contributed by atoms with Crippen LogP contribution in [0.25, 0.3) is 0 Å². The third-order valence-electron chi connectivity index (χ3n) is 7.42. The molecule has 4 aliphatic carbocycles. The number of hydrogen-bond acceptors (Lipinski definition) is 2. The Hall–Kier alpha value is -1.81. The minimum absolute atomic E-state index is 0.00496. The first-order valence-corrected chi connectivity index (χ1v) is 11.5. The minimum Gasteiger partial charge on any atom is -0.496 e. The van der Waals surface area contributed by atoms with Crippen molar-refractivity contribution >= 4 is 21.8 Å². The summed E-state index contributed by atoms with van der Waals surface area (Å²) in [5.74, 6) is 3.38. The lowest BCUT2D eigenvalue weighted by atomic mass is 9.52. The van der Waals surface area contributed by atoms with Crippen LogP contribution in [-0.2, 0) is 6.54 Å². The average Bonchev–Trinajstić information content (AvgIpc) is 2.71. The molecule has 0 spiro atoms. The van der Waals surface area contributed by atoms with E-state index in [1.807, 2.05) is 42.5 Å². The fourth-order valence-corrected chi connectivity index (χ4v) is 7.04. The molecule has 0 atom stereocenters. The van der Waals surface area contributed by atoms with Crippen molar-refractivity contribution in [1.82, 2.24) is 4.90 Å². The zero-order valence-electron chi connectivity index (χ0n) is 16.9. The maximum Gasteiger partial charge on any atom is 0.254 e. The Bertz CT molecular complexity index is 875. The predicted molar refractivity (Wildman–Crippen MR) is 118 cm³/mol. The van der Waals surface area contributed by atoms with Crippen LogP contribution in [0.3, 0.4) is 0 Å². The normalized spacial score (nSPS) is 29.7. The summed E-state index contributed by atoms with van der Waals surface area (Å²) in [6, 6.07) is 15.9. The van der Waals surface area contributed by atoms with Crippen molar-refractivity contribution in [3.63, 3.8) is 0 Å². The standard InChI is InChI=1S/C25H28BrNO2/c1-29-23-8-7-22(26)12-21(23)16-27(24(28)20-5-3-2-4-6-20)25-13-17-9-18(14-25)11-19(10-17)15-25/h2-8,12,17-19H,9-11,13-16H2,1H3. The lowest BCUT2D eigenvalue weighted by Crippen LogP contribution is -2.61. The van der Waals surface area contributed by atoms with Crippen molar-refractivity contribution in [2.75, 3.05) is 7.11 Å². The van der Waals surface area contributed by atoms with Gasteiger partial charge in [-0.3, -0.25) is 4.79 Å². The number of methoxy groups -OCH3 is 1. The van der Waals surface area contributed by atoms with Crippen molar-refractivity contribution in [3.8, 4) is 5.75 Å². The minimum atomic E-state index is -0.00496. The van der Waals surface area contributed by atoms with Crippen molar-refractivity contribution in [3.05, 3.63) is 64.1 Å². The van der Waals surface area contributed by atoms with Crippen molar-refractivity contribution in [1.29, 1.82) is 0 Å². The molecule has 6 rings (SSSR count). The molecule has 152 valence electrons. The van der Waals surface area contributed by atoms with Gasteiger partial charge in [-0.05, 0) is 86.6 Å². The lowest BCUT2D eigenvalue weighted by Gasteiger charge is -2.60. The molecule has 4 heteroatoms. The number of hydrogen-bond donors (Lipinski definition) is 0. The van der Waals surface area contributed by atoms with E-state index in [1.165, 1.54) is 19.3 Å². The molecule has 0 aromatic heterocycles. The van der Waals surface area contributed by atoms with E-state index in [1.54, 1.807) is 7.11 Å². The first-order chi connectivity index (χ1) is 14.1. The first-order valence-electron chi connectivity index (χ1n) is 10.8. The smallest absolute Gasteiger partial charge is 0.254 e. The number of carbonyl (C=O) groups is 1. The van der Waals surface area contributed by atoms with E-state index in [2.05, 4.69) is 26.9 Å². The molecule has 0 heterocycles. The molecule has 4 fully saturated rings. The van der Waals surface area contributed by atoms with Crippen LogP contribution in [0.4, 0.5) is 0 Å². The van der Waals surface area contributed by atoms with Crippen LogP contribution in [0.15, 0.2) is 53.0 Å². The molecule has 4 aliphatic rings. The van der Waals surface area contributed by atoms with Crippen LogP contribution in [-0.4, -0.2) is 23.5 Å². The third kappa shape index (κ3) is 3.50. The number of halogens is 1. The second-order valence-corrected chi connectivity index (χ2v) is 10.3. The largest absolute Gasteiger partial charge is 0.496 e. The van der Waals surface area contributed by atoms with E-state index in [0.717, 1.165) is 58.4 Å². The maximum absolute atomic E-state index is 13.8. The number of benzene rings is 2. The summed E-state index contributed by atoms with van der Waals surface area (Å²) in [5.41, 5.74) is 1.86. The lowest BCUT2D eigenvalue weighted by molar-refractivity contribution is -0.0776. The molecule has 29 heavy (non-hydrogen) atoms. The summed E-state index contributed by atoms with van der Waals surface area (Å²) in [6.45, 7) is 0.600. The Balaban J connectivity index is 1.55. The van der Waals surface area contributed by atoms with Crippen molar-refractivity contribution in [2.24, 2.45) is 17.8 Å². The SMILES string of the molecule is COc1ccc(Br)cc1CN(C(=O)c1ccccc1)C12CC3CC(CC(C3)C1)C2. The molecular formula is C25H28BrNO2. The van der Waals surface area contributed by atoms with Gasteiger partial charge in [0.05, 0.1) is 13.7 Å². The summed E-state index contributed by atoms with van der Waals surface area (Å²) in [4.78, 5) is 16.0. The molecule has 3 nitrogen and oxygen atoms in total. The number of rotatable bonds is 5. The Morgan fingerprint density at radius 2 is 1.66 bits per heavy atom. The van der Waals surface area contributed by atoms with Crippen LogP contribution in [0.1, 0.15) is 54.4 Å². The molecule has 0 aliphatic heterocycles. The second kappa shape index (κ2) is 7.46. The number of amides is 1. The summed E-state index contributed by atoms with van der Waals surface area (Å²) in [7, 11) is 1.71. The molecule has 4 saturated carbocycles. The number of ether oxygens (including phenoxy) is 1. The Morgan fingerprint density at radius 3 is 2.24 bits per heavy atom. The van der Waals surface area contributed by atoms with Crippen molar-refractivity contribution in [2.45, 2.75) is 50.6 Å². The highest BCUT2D eigenvalue weighted by molar-refractivity contribution is 9.10. The van der Waals surface area contributed by atoms with E-state index in [9.17, 15) is 4.79 Å². The zero-order valence-corrected chi connectivity index (χ0v) is 18.5. The van der Waals surface area contributed by atoms with E-state index in [4.69, 9.17) is 4.74 Å². The Morgan fingerprint density at radius 1 is 1.03 bits per heavy atom. The molecule has 2 aromatic rings. The van der Waals surface area contributed by atoms with E-state index < -0.39 is 0 Å². The topological polar surface area (TPSA) is 29.5 Å². The van der Waals surface area contributed by atoms with Gasteiger partial charge in [0.2, 0.25) is 0 Å². The molecule has 0 unspecified atom stereocenters. The van der Waals surface area contributed by atoms with Crippen molar-refractivity contribution < 1.29 is 9.53 Å². The van der Waals surface area contributed by atoms with Gasteiger partial charge in [-0.1, -0.05) is 34.1 Å². The van der Waals surface area contributed by atoms with Gasteiger partial charge in [0.15, 0.2) is 0 Å². The first kappa shape index (κ1) is 19.2. The monoisotopic (exact) mass is 453 g/mol. The van der Waals surface area contributed by atoms with Crippen LogP contribution in [0, 0.1) is 17.8 Å². The molecule has 4 bridgehead atoms. The van der Waals surface area contributed by atoms with E-state index in [0.29, 0.717) is 6.54 Å². The molecule has 2 aromatic carbocycles. The van der Waals surface area contributed by atoms with Gasteiger partial charge in [-0.2, -0.15) is 0 Å². The Kier molecular flexibility index (Phi) is 4.93. The second-order valence-electron chi connectivity index (χ2n) is 9.36.